The third-order valence-electron chi connectivity index (χ3n) is 2.55. The van der Waals surface area contributed by atoms with Gasteiger partial charge in [0.25, 0.3) is 0 Å². The number of aromatic hydroxyl groups is 1. The Morgan fingerprint density at radius 3 is 2.64 bits per heavy atom. The predicted molar refractivity (Wildman–Crippen MR) is 76.4 cm³/mol. The van der Waals surface area contributed by atoms with Crippen LogP contribution < -0.4 is 10.1 Å². The minimum absolute atomic E-state index is 0.0455. The number of halogens is 2. The Kier molecular flexibility index (Phi) is 4.37. The number of esters is 1. The summed E-state index contributed by atoms with van der Waals surface area (Å²) in [7, 11) is 0. The average molecular weight is 328 g/mol. The van der Waals surface area contributed by atoms with Crippen LogP contribution in [0.15, 0.2) is 22.6 Å². The van der Waals surface area contributed by atoms with Gasteiger partial charge in [0, 0.05) is 19.4 Å². The summed E-state index contributed by atoms with van der Waals surface area (Å²) in [5.41, 5.74) is 0.0455. The summed E-state index contributed by atoms with van der Waals surface area (Å²) in [6, 6.07) is 3.45. The van der Waals surface area contributed by atoms with Crippen molar-refractivity contribution in [1.29, 1.82) is 0 Å². The van der Waals surface area contributed by atoms with Crippen molar-refractivity contribution < 1.29 is 28.2 Å². The highest BCUT2D eigenvalue weighted by molar-refractivity contribution is 6.33. The minimum atomic E-state index is -0.736. The second-order valence-electron chi connectivity index (χ2n) is 4.34. The lowest BCUT2D eigenvalue weighted by atomic mass is 10.1. The molecule has 2 rings (SSSR count). The number of hydrogen-bond acceptors (Lipinski definition) is 5. The zero-order valence-corrected chi connectivity index (χ0v) is 12.3. The summed E-state index contributed by atoms with van der Waals surface area (Å²) in [4.78, 5) is 22.2. The number of benzene rings is 1. The molecule has 0 saturated heterocycles. The van der Waals surface area contributed by atoms with Crippen LogP contribution >= 0.6 is 11.6 Å². The third kappa shape index (κ3) is 3.20. The fourth-order valence-corrected chi connectivity index (χ4v) is 1.95. The molecule has 0 aliphatic carbocycles. The SMILES string of the molecule is CC(=O)Nc1oc(-c2cc(F)ccc2Cl)c(O)c1OC(C)=O. The van der Waals surface area contributed by atoms with Crippen LogP contribution in [0.4, 0.5) is 10.3 Å². The molecule has 0 atom stereocenters. The predicted octanol–water partition coefficient (Wildman–Crippen LogP) is 3.33. The van der Waals surface area contributed by atoms with Crippen molar-refractivity contribution in [3.05, 3.63) is 29.0 Å². The second-order valence-corrected chi connectivity index (χ2v) is 4.74. The Morgan fingerprint density at radius 2 is 2.05 bits per heavy atom. The van der Waals surface area contributed by atoms with Crippen LogP contribution in [-0.2, 0) is 9.59 Å². The van der Waals surface area contributed by atoms with E-state index in [9.17, 15) is 19.1 Å². The van der Waals surface area contributed by atoms with Gasteiger partial charge in [-0.2, -0.15) is 0 Å². The second kappa shape index (κ2) is 6.07. The van der Waals surface area contributed by atoms with Crippen LogP contribution in [0, 0.1) is 5.82 Å². The Labute approximate surface area is 129 Å². The van der Waals surface area contributed by atoms with Gasteiger partial charge in [0.2, 0.25) is 23.3 Å². The molecule has 0 unspecified atom stereocenters. The van der Waals surface area contributed by atoms with Gasteiger partial charge in [-0.25, -0.2) is 4.39 Å². The minimum Gasteiger partial charge on any atom is -0.502 e. The van der Waals surface area contributed by atoms with Crippen molar-refractivity contribution in [1.82, 2.24) is 0 Å². The fraction of sp³-hybridized carbons (Fsp3) is 0.143. The number of rotatable bonds is 3. The first kappa shape index (κ1) is 15.8. The molecule has 2 N–H and O–H groups in total. The standard InChI is InChI=1S/C14H11ClFNO5/c1-6(18)17-14-13(21-7(2)19)11(20)12(22-14)9-5-8(16)3-4-10(9)15/h3-5,20H,1-2H3,(H,17,18). The maximum atomic E-state index is 13.4. The molecule has 2 aromatic rings. The quantitative estimate of drug-likeness (QED) is 0.844. The Balaban J connectivity index is 2.61. The molecular weight excluding hydrogens is 317 g/mol. The number of carbonyl (C=O) groups is 2. The smallest absolute Gasteiger partial charge is 0.308 e. The van der Waals surface area contributed by atoms with E-state index in [-0.39, 0.29) is 28.0 Å². The van der Waals surface area contributed by atoms with E-state index < -0.39 is 23.4 Å². The zero-order chi connectivity index (χ0) is 16.4. The van der Waals surface area contributed by atoms with Crippen molar-refractivity contribution in [2.45, 2.75) is 13.8 Å². The van der Waals surface area contributed by atoms with Crippen LogP contribution in [0.25, 0.3) is 11.3 Å². The molecule has 1 aromatic heterocycles. The van der Waals surface area contributed by atoms with E-state index in [2.05, 4.69) is 5.32 Å². The lowest BCUT2D eigenvalue weighted by Crippen LogP contribution is -2.08. The van der Waals surface area contributed by atoms with E-state index in [1.807, 2.05) is 0 Å². The van der Waals surface area contributed by atoms with Crippen LogP contribution in [0.5, 0.6) is 11.5 Å². The fourth-order valence-electron chi connectivity index (χ4n) is 1.74. The molecular formula is C14H11ClFNO5. The van der Waals surface area contributed by atoms with Gasteiger partial charge in [0.1, 0.15) is 5.82 Å². The molecule has 1 heterocycles. The van der Waals surface area contributed by atoms with Crippen LogP contribution in [0.1, 0.15) is 13.8 Å². The summed E-state index contributed by atoms with van der Waals surface area (Å²) in [6.07, 6.45) is 0. The largest absolute Gasteiger partial charge is 0.502 e. The molecule has 8 heteroatoms. The van der Waals surface area contributed by atoms with Crippen LogP contribution in [-0.4, -0.2) is 17.0 Å². The van der Waals surface area contributed by atoms with Crippen molar-refractivity contribution in [2.24, 2.45) is 0 Å². The summed E-state index contributed by atoms with van der Waals surface area (Å²) in [6.45, 7) is 2.31. The van der Waals surface area contributed by atoms with Gasteiger partial charge in [-0.15, -0.1) is 0 Å². The Morgan fingerprint density at radius 1 is 1.36 bits per heavy atom. The molecule has 0 radical (unpaired) electrons. The number of nitrogens with one attached hydrogen (secondary N) is 1. The summed E-state index contributed by atoms with van der Waals surface area (Å²) in [5.74, 6) is -3.33. The first-order valence-corrected chi connectivity index (χ1v) is 6.44. The number of hydrogen-bond donors (Lipinski definition) is 2. The maximum absolute atomic E-state index is 13.4. The maximum Gasteiger partial charge on any atom is 0.308 e. The normalized spacial score (nSPS) is 10.4. The summed E-state index contributed by atoms with van der Waals surface area (Å²) >= 11 is 5.94. The van der Waals surface area contributed by atoms with Gasteiger partial charge in [-0.1, -0.05) is 11.6 Å². The number of ether oxygens (including phenoxy) is 1. The highest BCUT2D eigenvalue weighted by Gasteiger charge is 2.26. The Hall–Kier alpha value is -2.54. The van der Waals surface area contributed by atoms with Gasteiger partial charge in [0.15, 0.2) is 5.76 Å². The zero-order valence-electron chi connectivity index (χ0n) is 11.6. The van der Waals surface area contributed by atoms with E-state index in [1.54, 1.807) is 0 Å². The van der Waals surface area contributed by atoms with Gasteiger partial charge in [-0.3, -0.25) is 14.9 Å². The van der Waals surface area contributed by atoms with Crippen LogP contribution in [0.2, 0.25) is 5.02 Å². The highest BCUT2D eigenvalue weighted by atomic mass is 35.5. The molecule has 116 valence electrons. The van der Waals surface area contributed by atoms with Crippen LogP contribution in [0.3, 0.4) is 0 Å². The highest BCUT2D eigenvalue weighted by Crippen LogP contribution is 2.47. The summed E-state index contributed by atoms with van der Waals surface area (Å²) in [5, 5.41) is 12.5. The van der Waals surface area contributed by atoms with E-state index in [0.717, 1.165) is 19.1 Å². The van der Waals surface area contributed by atoms with Crippen molar-refractivity contribution in [3.8, 4) is 22.8 Å². The van der Waals surface area contributed by atoms with Gasteiger partial charge >= 0.3 is 5.97 Å². The molecule has 6 nitrogen and oxygen atoms in total. The molecule has 0 bridgehead atoms. The van der Waals surface area contributed by atoms with Gasteiger partial charge in [0.05, 0.1) is 5.02 Å². The summed E-state index contributed by atoms with van der Waals surface area (Å²) < 4.78 is 23.4. The number of amides is 1. The number of anilines is 1. The first-order chi connectivity index (χ1) is 10.3. The molecule has 0 saturated carbocycles. The lowest BCUT2D eigenvalue weighted by Gasteiger charge is -2.02. The Bertz CT molecular complexity index is 756. The molecule has 1 aromatic carbocycles. The number of furan rings is 1. The van der Waals surface area contributed by atoms with Gasteiger partial charge < -0.3 is 14.3 Å². The van der Waals surface area contributed by atoms with Gasteiger partial charge in [-0.05, 0) is 18.2 Å². The van der Waals surface area contributed by atoms with Crippen molar-refractivity contribution >= 4 is 29.4 Å². The molecule has 0 fully saturated rings. The average Bonchev–Trinajstić information content (AvgIpc) is 2.69. The van der Waals surface area contributed by atoms with E-state index in [1.165, 1.54) is 13.0 Å². The van der Waals surface area contributed by atoms with Crippen molar-refractivity contribution in [2.75, 3.05) is 5.32 Å². The lowest BCUT2D eigenvalue weighted by molar-refractivity contribution is -0.132. The van der Waals surface area contributed by atoms with E-state index in [4.69, 9.17) is 20.8 Å². The van der Waals surface area contributed by atoms with Crippen molar-refractivity contribution in [3.63, 3.8) is 0 Å². The molecule has 1 amide bonds. The van der Waals surface area contributed by atoms with E-state index in [0.29, 0.717) is 0 Å². The molecule has 0 aliphatic heterocycles. The third-order valence-corrected chi connectivity index (χ3v) is 2.88. The monoisotopic (exact) mass is 327 g/mol. The molecule has 0 spiro atoms. The molecule has 0 aliphatic rings. The van der Waals surface area contributed by atoms with E-state index >= 15 is 0 Å². The topological polar surface area (TPSA) is 88.8 Å². The first-order valence-electron chi connectivity index (χ1n) is 6.06. The molecule has 22 heavy (non-hydrogen) atoms. The number of carbonyl (C=O) groups excluding carboxylic acids is 2.